The summed E-state index contributed by atoms with van der Waals surface area (Å²) in [5, 5.41) is 3.69. The summed E-state index contributed by atoms with van der Waals surface area (Å²) in [5.74, 6) is 1.05. The molecule has 1 N–H and O–H groups in total. The average molecular weight is 320 g/mol. The van der Waals surface area contributed by atoms with Gasteiger partial charge in [-0.25, -0.2) is 0 Å². The first kappa shape index (κ1) is 13.6. The average Bonchev–Trinajstić information content (AvgIpc) is 3.06. The van der Waals surface area contributed by atoms with E-state index < -0.39 is 0 Å². The van der Waals surface area contributed by atoms with Gasteiger partial charge in [-0.2, -0.15) is 0 Å². The molecule has 2 nitrogen and oxygen atoms in total. The second kappa shape index (κ2) is 5.64. The van der Waals surface area contributed by atoms with Gasteiger partial charge in [0.1, 0.15) is 11.9 Å². The Kier molecular flexibility index (Phi) is 3.66. The van der Waals surface area contributed by atoms with Crippen molar-refractivity contribution < 1.29 is 4.74 Å². The molecular weight excluding hydrogens is 302 g/mol. The summed E-state index contributed by atoms with van der Waals surface area (Å²) in [4.78, 5) is 1.46. The van der Waals surface area contributed by atoms with Gasteiger partial charge in [0.15, 0.2) is 0 Å². The van der Waals surface area contributed by atoms with Gasteiger partial charge in [0.25, 0.3) is 0 Å². The van der Waals surface area contributed by atoms with E-state index in [1.807, 2.05) is 6.07 Å². The first-order valence-electron chi connectivity index (χ1n) is 7.55. The largest absolute Gasteiger partial charge is 0.488 e. The van der Waals surface area contributed by atoms with Gasteiger partial charge in [0, 0.05) is 23.9 Å². The van der Waals surface area contributed by atoms with E-state index in [1.54, 1.807) is 11.3 Å². The predicted octanol–water partition coefficient (Wildman–Crippen LogP) is 4.37. The first-order chi connectivity index (χ1) is 10.3. The van der Waals surface area contributed by atoms with Crippen LogP contribution in [-0.2, 0) is 12.8 Å². The van der Waals surface area contributed by atoms with E-state index in [4.69, 9.17) is 16.3 Å². The van der Waals surface area contributed by atoms with Crippen molar-refractivity contribution in [1.82, 2.24) is 5.32 Å². The smallest absolute Gasteiger partial charge is 0.123 e. The van der Waals surface area contributed by atoms with Crippen molar-refractivity contribution >= 4 is 22.9 Å². The molecule has 2 aliphatic rings. The van der Waals surface area contributed by atoms with E-state index in [0.29, 0.717) is 6.04 Å². The number of fused-ring (bicyclic) bond motifs is 2. The number of halogens is 1. The summed E-state index contributed by atoms with van der Waals surface area (Å²) in [6.45, 7) is 0.895. The lowest BCUT2D eigenvalue weighted by Crippen LogP contribution is -2.34. The van der Waals surface area contributed by atoms with Crippen molar-refractivity contribution in [3.63, 3.8) is 0 Å². The quantitative estimate of drug-likeness (QED) is 0.907. The Bertz CT molecular complexity index is 629. The van der Waals surface area contributed by atoms with Crippen LogP contribution in [0.2, 0.25) is 4.34 Å². The molecule has 1 aliphatic heterocycles. The maximum Gasteiger partial charge on any atom is 0.123 e. The van der Waals surface area contributed by atoms with Gasteiger partial charge in [-0.15, -0.1) is 11.3 Å². The summed E-state index contributed by atoms with van der Waals surface area (Å²) < 4.78 is 6.92. The van der Waals surface area contributed by atoms with Gasteiger partial charge >= 0.3 is 0 Å². The molecule has 110 valence electrons. The fourth-order valence-corrected chi connectivity index (χ4v) is 4.76. The third kappa shape index (κ3) is 2.70. The number of hydrogen-bond donors (Lipinski definition) is 1. The van der Waals surface area contributed by atoms with E-state index in [0.717, 1.165) is 23.1 Å². The predicted molar refractivity (Wildman–Crippen MR) is 87.6 cm³/mol. The maximum atomic E-state index is 6.17. The minimum absolute atomic E-state index is 0.252. The van der Waals surface area contributed by atoms with Crippen LogP contribution in [0.25, 0.3) is 0 Å². The molecule has 1 aliphatic carbocycles. The lowest BCUT2D eigenvalue weighted by Gasteiger charge is -2.25. The Morgan fingerprint density at radius 2 is 2.24 bits per heavy atom. The molecule has 4 heteroatoms. The van der Waals surface area contributed by atoms with Crippen molar-refractivity contribution in [3.8, 4) is 5.75 Å². The highest BCUT2D eigenvalue weighted by Crippen LogP contribution is 2.38. The zero-order valence-corrected chi connectivity index (χ0v) is 13.3. The lowest BCUT2D eigenvalue weighted by molar-refractivity contribution is 0.219. The van der Waals surface area contributed by atoms with Crippen LogP contribution in [0.1, 0.15) is 34.9 Å². The number of benzene rings is 1. The van der Waals surface area contributed by atoms with E-state index in [-0.39, 0.29) is 6.10 Å². The third-order valence-corrected chi connectivity index (χ3v) is 5.73. The molecule has 0 saturated carbocycles. The Morgan fingerprint density at radius 1 is 1.33 bits per heavy atom. The van der Waals surface area contributed by atoms with Gasteiger partial charge in [-0.1, -0.05) is 29.8 Å². The zero-order chi connectivity index (χ0) is 14.2. The molecule has 2 aromatic rings. The molecule has 0 spiro atoms. The van der Waals surface area contributed by atoms with Crippen molar-refractivity contribution in [2.45, 2.75) is 37.8 Å². The first-order valence-corrected chi connectivity index (χ1v) is 8.75. The number of ether oxygens (including phenoxy) is 1. The van der Waals surface area contributed by atoms with Crippen LogP contribution >= 0.6 is 22.9 Å². The molecule has 21 heavy (non-hydrogen) atoms. The Hall–Kier alpha value is -1.03. The monoisotopic (exact) mass is 319 g/mol. The molecule has 2 unspecified atom stereocenters. The van der Waals surface area contributed by atoms with E-state index >= 15 is 0 Å². The molecule has 1 aromatic carbocycles. The van der Waals surface area contributed by atoms with Crippen LogP contribution in [0.3, 0.4) is 0 Å². The molecule has 0 amide bonds. The number of para-hydroxylation sites is 1. The number of nitrogens with one attached hydrogen (secondary N) is 1. The fourth-order valence-electron chi connectivity index (χ4n) is 3.37. The number of hydrogen-bond acceptors (Lipinski definition) is 3. The van der Waals surface area contributed by atoms with Crippen LogP contribution in [-0.4, -0.2) is 12.6 Å². The van der Waals surface area contributed by atoms with Crippen LogP contribution in [0.4, 0.5) is 0 Å². The second-order valence-corrected chi connectivity index (χ2v) is 7.60. The van der Waals surface area contributed by atoms with E-state index in [2.05, 4.69) is 29.6 Å². The van der Waals surface area contributed by atoms with E-state index in [9.17, 15) is 0 Å². The molecule has 1 aromatic heterocycles. The zero-order valence-electron chi connectivity index (χ0n) is 11.8. The van der Waals surface area contributed by atoms with Crippen LogP contribution in [0, 0.1) is 0 Å². The Labute approximate surface area is 134 Å². The summed E-state index contributed by atoms with van der Waals surface area (Å²) in [6.07, 6.45) is 4.87. The minimum atomic E-state index is 0.252. The molecule has 0 radical (unpaired) electrons. The third-order valence-electron chi connectivity index (χ3n) is 4.39. The Balaban J connectivity index is 1.41. The highest BCUT2D eigenvalue weighted by Gasteiger charge is 2.26. The van der Waals surface area contributed by atoms with Crippen molar-refractivity contribution in [2.75, 3.05) is 6.54 Å². The number of aryl methyl sites for hydroxylation is 1. The standard InChI is InChI=1S/C17H18ClNOS/c18-17-9-13-14(5-3-7-16(13)21-17)19-10-12-8-11-4-1-2-6-15(11)20-12/h1-2,4,6,9,12,14,19H,3,5,7-8,10H2. The van der Waals surface area contributed by atoms with Gasteiger partial charge in [0.2, 0.25) is 0 Å². The van der Waals surface area contributed by atoms with Crippen molar-refractivity contribution in [1.29, 1.82) is 0 Å². The number of rotatable bonds is 3. The second-order valence-electron chi connectivity index (χ2n) is 5.83. The summed E-state index contributed by atoms with van der Waals surface area (Å²) in [7, 11) is 0. The molecule has 2 heterocycles. The van der Waals surface area contributed by atoms with Crippen LogP contribution in [0.15, 0.2) is 30.3 Å². The highest BCUT2D eigenvalue weighted by atomic mass is 35.5. The topological polar surface area (TPSA) is 21.3 Å². The Morgan fingerprint density at radius 3 is 3.14 bits per heavy atom. The van der Waals surface area contributed by atoms with Crippen LogP contribution < -0.4 is 10.1 Å². The molecule has 4 rings (SSSR count). The van der Waals surface area contributed by atoms with Crippen LogP contribution in [0.5, 0.6) is 5.75 Å². The van der Waals surface area contributed by atoms with Gasteiger partial charge in [-0.05, 0) is 42.5 Å². The summed E-state index contributed by atoms with van der Waals surface area (Å²) >= 11 is 7.91. The molecule has 2 atom stereocenters. The highest BCUT2D eigenvalue weighted by molar-refractivity contribution is 7.16. The van der Waals surface area contributed by atoms with Gasteiger partial charge in [0.05, 0.1) is 4.34 Å². The normalized spacial score (nSPS) is 23.5. The minimum Gasteiger partial charge on any atom is -0.488 e. The molecule has 0 bridgehead atoms. The molecular formula is C17H18ClNOS. The fraction of sp³-hybridized carbons (Fsp3) is 0.412. The van der Waals surface area contributed by atoms with Gasteiger partial charge in [-0.3, -0.25) is 0 Å². The summed E-state index contributed by atoms with van der Waals surface area (Å²) in [6, 6.07) is 10.9. The lowest BCUT2D eigenvalue weighted by atomic mass is 9.94. The van der Waals surface area contributed by atoms with Crippen molar-refractivity contribution in [3.05, 3.63) is 50.7 Å². The van der Waals surface area contributed by atoms with E-state index in [1.165, 1.54) is 35.3 Å². The maximum absolute atomic E-state index is 6.17. The molecule has 0 fully saturated rings. The molecule has 0 saturated heterocycles. The SMILES string of the molecule is Clc1cc2c(s1)CCCC2NCC1Cc2ccccc2O1. The van der Waals surface area contributed by atoms with Crippen molar-refractivity contribution in [2.24, 2.45) is 0 Å². The van der Waals surface area contributed by atoms with Gasteiger partial charge < -0.3 is 10.1 Å². The summed E-state index contributed by atoms with van der Waals surface area (Å²) in [5.41, 5.74) is 2.74. The number of thiophene rings is 1.